The van der Waals surface area contributed by atoms with E-state index in [1.807, 2.05) is 18.3 Å². The molecule has 0 fully saturated rings. The van der Waals surface area contributed by atoms with E-state index in [2.05, 4.69) is 67.3 Å². The lowest BCUT2D eigenvalue weighted by Gasteiger charge is -2.10. The molecule has 1 aromatic carbocycles. The molecule has 1 N–H and O–H groups in total. The fourth-order valence-corrected chi connectivity index (χ4v) is 3.38. The molecule has 0 amide bonds. The van der Waals surface area contributed by atoms with Gasteiger partial charge in [-0.3, -0.25) is 0 Å². The van der Waals surface area contributed by atoms with Gasteiger partial charge in [0.1, 0.15) is 5.03 Å². The maximum absolute atomic E-state index is 4.42. The van der Waals surface area contributed by atoms with Gasteiger partial charge in [0.05, 0.1) is 0 Å². The van der Waals surface area contributed by atoms with Crippen molar-refractivity contribution in [2.45, 2.75) is 29.8 Å². The number of hydrogen-bond donors (Lipinski definition) is 1. The Morgan fingerprint density at radius 1 is 1.15 bits per heavy atom. The van der Waals surface area contributed by atoms with Crippen LogP contribution in [0.3, 0.4) is 0 Å². The van der Waals surface area contributed by atoms with Gasteiger partial charge in [-0.1, -0.05) is 40.7 Å². The molecule has 0 unspecified atom stereocenters. The third-order valence-electron chi connectivity index (χ3n) is 2.69. The molecule has 2 nitrogen and oxygen atoms in total. The lowest BCUT2D eigenvalue weighted by molar-refractivity contribution is 0.669. The van der Waals surface area contributed by atoms with Gasteiger partial charge in [0.25, 0.3) is 0 Å². The third-order valence-corrected chi connectivity index (χ3v) is 4.70. The Hall–Kier alpha value is -0.360. The summed E-state index contributed by atoms with van der Waals surface area (Å²) in [5.74, 6) is 0. The van der Waals surface area contributed by atoms with E-state index >= 15 is 0 Å². The summed E-state index contributed by atoms with van der Waals surface area (Å²) >= 11 is 8.64. The van der Waals surface area contributed by atoms with Crippen LogP contribution < -0.4 is 5.32 Å². The number of nitrogens with one attached hydrogen (secondary N) is 1. The molecule has 2 aromatic rings. The van der Waals surface area contributed by atoms with Crippen LogP contribution in [0.2, 0.25) is 0 Å². The van der Waals surface area contributed by atoms with E-state index in [4.69, 9.17) is 0 Å². The summed E-state index contributed by atoms with van der Waals surface area (Å²) in [7, 11) is 0. The van der Waals surface area contributed by atoms with Crippen LogP contribution >= 0.6 is 43.6 Å². The first-order valence-electron chi connectivity index (χ1n) is 6.47. The second kappa shape index (κ2) is 8.17. The second-order valence-corrected chi connectivity index (χ2v) is 7.24. The Kier molecular flexibility index (Phi) is 6.55. The molecule has 106 valence electrons. The van der Waals surface area contributed by atoms with E-state index in [-0.39, 0.29) is 0 Å². The normalized spacial score (nSPS) is 10.8. The summed E-state index contributed by atoms with van der Waals surface area (Å²) in [6, 6.07) is 10.4. The standard InChI is InChI=1S/C15H16Br2N2S/c1-2-7-18-9-11-3-4-12(16)8-14(11)20-15-6-5-13(17)10-19-15/h3-6,8,10,18H,2,7,9H2,1H3. The van der Waals surface area contributed by atoms with E-state index in [0.29, 0.717) is 0 Å². The average molecular weight is 416 g/mol. The molecule has 1 aromatic heterocycles. The minimum Gasteiger partial charge on any atom is -0.313 e. The molecular formula is C15H16Br2N2S. The van der Waals surface area contributed by atoms with E-state index < -0.39 is 0 Å². The van der Waals surface area contributed by atoms with E-state index in [9.17, 15) is 0 Å². The van der Waals surface area contributed by atoms with Crippen LogP contribution in [0.5, 0.6) is 0 Å². The predicted molar refractivity (Wildman–Crippen MR) is 92.2 cm³/mol. The molecule has 0 radical (unpaired) electrons. The Morgan fingerprint density at radius 2 is 1.95 bits per heavy atom. The van der Waals surface area contributed by atoms with Crippen LogP contribution in [0.25, 0.3) is 0 Å². The molecule has 0 saturated carbocycles. The van der Waals surface area contributed by atoms with Crippen LogP contribution in [0.4, 0.5) is 0 Å². The zero-order valence-corrected chi connectivity index (χ0v) is 15.2. The Balaban J connectivity index is 2.15. The molecule has 0 saturated heterocycles. The largest absolute Gasteiger partial charge is 0.313 e. The van der Waals surface area contributed by atoms with Gasteiger partial charge >= 0.3 is 0 Å². The van der Waals surface area contributed by atoms with Crippen molar-refractivity contribution in [3.8, 4) is 0 Å². The van der Waals surface area contributed by atoms with Crippen LogP contribution in [-0.2, 0) is 6.54 Å². The minimum atomic E-state index is 0.889. The molecule has 0 spiro atoms. The summed E-state index contributed by atoms with van der Waals surface area (Å²) in [6.45, 7) is 4.10. The number of benzene rings is 1. The first kappa shape index (κ1) is 16.0. The quantitative estimate of drug-likeness (QED) is 0.651. The van der Waals surface area contributed by atoms with Crippen LogP contribution in [0.15, 0.2) is 55.4 Å². The third kappa shape index (κ3) is 4.88. The maximum Gasteiger partial charge on any atom is 0.101 e. The SMILES string of the molecule is CCCNCc1ccc(Br)cc1Sc1ccc(Br)cn1. The van der Waals surface area contributed by atoms with Crippen LogP contribution in [0, 0.1) is 0 Å². The van der Waals surface area contributed by atoms with Gasteiger partial charge in [0.15, 0.2) is 0 Å². The van der Waals surface area contributed by atoms with Gasteiger partial charge in [0.2, 0.25) is 0 Å². The van der Waals surface area contributed by atoms with E-state index in [1.54, 1.807) is 11.8 Å². The lowest BCUT2D eigenvalue weighted by Crippen LogP contribution is -2.14. The van der Waals surface area contributed by atoms with E-state index in [1.165, 1.54) is 10.5 Å². The number of halogens is 2. The van der Waals surface area contributed by atoms with Crippen molar-refractivity contribution in [3.63, 3.8) is 0 Å². The van der Waals surface area contributed by atoms with Gasteiger partial charge in [-0.15, -0.1) is 0 Å². The topological polar surface area (TPSA) is 24.9 Å². The van der Waals surface area contributed by atoms with Crippen molar-refractivity contribution in [1.29, 1.82) is 0 Å². The Morgan fingerprint density at radius 3 is 2.65 bits per heavy atom. The number of hydrogen-bond acceptors (Lipinski definition) is 3. The molecule has 0 aliphatic rings. The van der Waals surface area contributed by atoms with Crippen molar-refractivity contribution in [2.24, 2.45) is 0 Å². The second-order valence-electron chi connectivity index (χ2n) is 4.35. The molecule has 0 bridgehead atoms. The molecule has 1 heterocycles. The molecule has 0 atom stereocenters. The highest BCUT2D eigenvalue weighted by atomic mass is 79.9. The maximum atomic E-state index is 4.42. The fourth-order valence-electron chi connectivity index (χ4n) is 1.70. The lowest BCUT2D eigenvalue weighted by atomic mass is 10.2. The Bertz CT molecular complexity index is 558. The molecule has 20 heavy (non-hydrogen) atoms. The minimum absolute atomic E-state index is 0.889. The molecule has 5 heteroatoms. The van der Waals surface area contributed by atoms with Crippen molar-refractivity contribution < 1.29 is 0 Å². The summed E-state index contributed by atoms with van der Waals surface area (Å²) < 4.78 is 2.09. The highest BCUT2D eigenvalue weighted by Crippen LogP contribution is 2.31. The van der Waals surface area contributed by atoms with Gasteiger partial charge in [-0.25, -0.2) is 4.98 Å². The summed E-state index contributed by atoms with van der Waals surface area (Å²) in [6.07, 6.45) is 2.97. The van der Waals surface area contributed by atoms with Gasteiger partial charge in [0, 0.05) is 26.6 Å². The smallest absolute Gasteiger partial charge is 0.101 e. The first-order chi connectivity index (χ1) is 9.69. The summed E-state index contributed by atoms with van der Waals surface area (Å²) in [4.78, 5) is 5.66. The van der Waals surface area contributed by atoms with Crippen molar-refractivity contribution >= 4 is 43.6 Å². The highest BCUT2D eigenvalue weighted by Gasteiger charge is 2.06. The summed E-state index contributed by atoms with van der Waals surface area (Å²) in [5, 5.41) is 4.45. The predicted octanol–water partition coefficient (Wildman–Crippen LogP) is 5.26. The molecular weight excluding hydrogens is 400 g/mol. The molecule has 0 aliphatic carbocycles. The fraction of sp³-hybridized carbons (Fsp3) is 0.267. The van der Waals surface area contributed by atoms with Crippen LogP contribution in [-0.4, -0.2) is 11.5 Å². The monoisotopic (exact) mass is 414 g/mol. The molecule has 0 aliphatic heterocycles. The summed E-state index contributed by atoms with van der Waals surface area (Å²) in [5.41, 5.74) is 1.30. The number of nitrogens with zero attached hydrogens (tertiary/aromatic N) is 1. The van der Waals surface area contributed by atoms with Gasteiger partial charge in [-0.2, -0.15) is 0 Å². The van der Waals surface area contributed by atoms with E-state index in [0.717, 1.165) is 33.5 Å². The molecule has 2 rings (SSSR count). The zero-order valence-electron chi connectivity index (χ0n) is 11.2. The van der Waals surface area contributed by atoms with Crippen molar-refractivity contribution in [1.82, 2.24) is 10.3 Å². The van der Waals surface area contributed by atoms with Crippen molar-refractivity contribution in [2.75, 3.05) is 6.54 Å². The number of rotatable bonds is 6. The highest BCUT2D eigenvalue weighted by molar-refractivity contribution is 9.10. The first-order valence-corrected chi connectivity index (χ1v) is 8.88. The van der Waals surface area contributed by atoms with Crippen LogP contribution in [0.1, 0.15) is 18.9 Å². The van der Waals surface area contributed by atoms with Gasteiger partial charge < -0.3 is 5.32 Å². The van der Waals surface area contributed by atoms with Crippen molar-refractivity contribution in [3.05, 3.63) is 51.0 Å². The zero-order chi connectivity index (χ0) is 14.4. The number of aromatic nitrogens is 1. The Labute approximate surface area is 141 Å². The van der Waals surface area contributed by atoms with Gasteiger partial charge in [-0.05, 0) is 58.7 Å². The average Bonchev–Trinajstić information content (AvgIpc) is 2.44. The number of pyridine rings is 1.